The molecule has 84 valence electrons. The van der Waals surface area contributed by atoms with Gasteiger partial charge in [0.05, 0.1) is 12.7 Å². The zero-order valence-corrected chi connectivity index (χ0v) is 9.68. The van der Waals surface area contributed by atoms with E-state index in [0.717, 1.165) is 18.8 Å². The van der Waals surface area contributed by atoms with Crippen molar-refractivity contribution in [1.82, 2.24) is 10.1 Å². The zero-order valence-electron chi connectivity index (χ0n) is 9.68. The summed E-state index contributed by atoms with van der Waals surface area (Å²) in [6, 6.07) is 10.3. The average molecular weight is 216 g/mol. The molecule has 3 nitrogen and oxygen atoms in total. The van der Waals surface area contributed by atoms with Crippen LogP contribution >= 0.6 is 0 Å². The summed E-state index contributed by atoms with van der Waals surface area (Å²) in [6.07, 6.45) is 1.68. The summed E-state index contributed by atoms with van der Waals surface area (Å²) in [5.41, 5.74) is 2.68. The van der Waals surface area contributed by atoms with Crippen molar-refractivity contribution in [2.45, 2.75) is 20.0 Å². The van der Waals surface area contributed by atoms with Crippen LogP contribution in [-0.2, 0) is 13.1 Å². The van der Waals surface area contributed by atoms with Crippen molar-refractivity contribution in [3.63, 3.8) is 0 Å². The van der Waals surface area contributed by atoms with Crippen molar-refractivity contribution < 1.29 is 4.52 Å². The smallest absolute Gasteiger partial charge is 0.150 e. The summed E-state index contributed by atoms with van der Waals surface area (Å²) in [5.74, 6) is 0.899. The molecule has 0 unspecified atom stereocenters. The molecule has 0 fully saturated rings. The Morgan fingerprint density at radius 2 is 2.00 bits per heavy atom. The molecule has 0 bridgehead atoms. The zero-order chi connectivity index (χ0) is 11.4. The van der Waals surface area contributed by atoms with E-state index in [9.17, 15) is 0 Å². The summed E-state index contributed by atoms with van der Waals surface area (Å²) in [7, 11) is 2.08. The normalized spacial score (nSPS) is 10.9. The van der Waals surface area contributed by atoms with Gasteiger partial charge in [-0.25, -0.2) is 0 Å². The van der Waals surface area contributed by atoms with Crippen LogP contribution in [0.5, 0.6) is 0 Å². The molecule has 0 aliphatic carbocycles. The first-order valence-electron chi connectivity index (χ1n) is 5.38. The molecule has 1 aromatic carbocycles. The van der Waals surface area contributed by atoms with Gasteiger partial charge in [0.15, 0.2) is 5.76 Å². The lowest BCUT2D eigenvalue weighted by Gasteiger charge is -2.16. The fraction of sp³-hybridized carbons (Fsp3) is 0.308. The molecule has 0 spiro atoms. The van der Waals surface area contributed by atoms with Gasteiger partial charge in [0.1, 0.15) is 0 Å². The van der Waals surface area contributed by atoms with E-state index in [1.807, 2.05) is 6.07 Å². The van der Waals surface area contributed by atoms with E-state index in [4.69, 9.17) is 4.52 Å². The minimum absolute atomic E-state index is 0.786. The van der Waals surface area contributed by atoms with Gasteiger partial charge in [-0.1, -0.05) is 29.4 Å². The number of hydrogen-bond acceptors (Lipinski definition) is 3. The Bertz CT molecular complexity index is 437. The molecule has 0 aliphatic rings. The van der Waals surface area contributed by atoms with E-state index in [1.165, 1.54) is 11.1 Å². The maximum Gasteiger partial charge on any atom is 0.150 e. The van der Waals surface area contributed by atoms with Gasteiger partial charge in [-0.2, -0.15) is 0 Å². The molecule has 2 aromatic rings. The van der Waals surface area contributed by atoms with Crippen molar-refractivity contribution >= 4 is 0 Å². The van der Waals surface area contributed by atoms with Crippen LogP contribution < -0.4 is 0 Å². The molecule has 1 heterocycles. The maximum atomic E-state index is 5.08. The third kappa shape index (κ3) is 2.70. The Kier molecular flexibility index (Phi) is 3.37. The molecule has 1 aromatic heterocycles. The minimum Gasteiger partial charge on any atom is -0.360 e. The summed E-state index contributed by atoms with van der Waals surface area (Å²) < 4.78 is 5.08. The second-order valence-corrected chi connectivity index (χ2v) is 4.08. The molecule has 0 saturated carbocycles. The monoisotopic (exact) mass is 216 g/mol. The third-order valence-electron chi connectivity index (χ3n) is 2.62. The van der Waals surface area contributed by atoms with E-state index < -0.39 is 0 Å². The average Bonchev–Trinajstić information content (AvgIpc) is 2.74. The number of hydrogen-bond donors (Lipinski definition) is 0. The molecule has 0 atom stereocenters. The van der Waals surface area contributed by atoms with Crippen molar-refractivity contribution in [3.05, 3.63) is 53.4 Å². The topological polar surface area (TPSA) is 29.3 Å². The predicted octanol–water partition coefficient (Wildman–Crippen LogP) is 2.62. The highest BCUT2D eigenvalue weighted by Crippen LogP contribution is 2.11. The van der Waals surface area contributed by atoms with Crippen LogP contribution in [0.25, 0.3) is 0 Å². The van der Waals surface area contributed by atoms with E-state index in [1.54, 1.807) is 6.20 Å². The Morgan fingerprint density at radius 3 is 2.69 bits per heavy atom. The Morgan fingerprint density at radius 1 is 1.19 bits per heavy atom. The van der Waals surface area contributed by atoms with E-state index in [0.29, 0.717) is 0 Å². The lowest BCUT2D eigenvalue weighted by molar-refractivity contribution is 0.266. The summed E-state index contributed by atoms with van der Waals surface area (Å²) in [6.45, 7) is 3.85. The molecule has 2 rings (SSSR count). The number of aromatic nitrogens is 1. The lowest BCUT2D eigenvalue weighted by atomic mass is 10.1. The lowest BCUT2D eigenvalue weighted by Crippen LogP contribution is -2.17. The van der Waals surface area contributed by atoms with Crippen molar-refractivity contribution in [2.75, 3.05) is 7.05 Å². The van der Waals surface area contributed by atoms with Gasteiger partial charge in [-0.3, -0.25) is 4.90 Å². The Labute approximate surface area is 95.7 Å². The Balaban J connectivity index is 1.97. The fourth-order valence-electron chi connectivity index (χ4n) is 1.72. The van der Waals surface area contributed by atoms with Gasteiger partial charge >= 0.3 is 0 Å². The minimum atomic E-state index is 0.786. The van der Waals surface area contributed by atoms with Gasteiger partial charge in [-0.15, -0.1) is 0 Å². The van der Waals surface area contributed by atoms with Crippen molar-refractivity contribution in [2.24, 2.45) is 0 Å². The first-order chi connectivity index (χ1) is 7.75. The molecular formula is C13H16N2O. The molecule has 0 amide bonds. The second kappa shape index (κ2) is 4.94. The second-order valence-electron chi connectivity index (χ2n) is 4.08. The fourth-order valence-corrected chi connectivity index (χ4v) is 1.72. The highest BCUT2D eigenvalue weighted by molar-refractivity contribution is 5.25. The Hall–Kier alpha value is -1.61. The van der Waals surface area contributed by atoms with Gasteiger partial charge < -0.3 is 4.52 Å². The van der Waals surface area contributed by atoms with Crippen LogP contribution in [0.3, 0.4) is 0 Å². The van der Waals surface area contributed by atoms with Crippen LogP contribution in [0.4, 0.5) is 0 Å². The number of aryl methyl sites for hydroxylation is 1. The maximum absolute atomic E-state index is 5.08. The molecular weight excluding hydrogens is 200 g/mol. The SMILES string of the molecule is Cc1ccccc1CN(C)Cc1ccno1. The number of rotatable bonds is 4. The van der Waals surface area contributed by atoms with Crippen LogP contribution in [0, 0.1) is 6.92 Å². The van der Waals surface area contributed by atoms with Crippen LogP contribution in [-0.4, -0.2) is 17.1 Å². The van der Waals surface area contributed by atoms with E-state index in [-0.39, 0.29) is 0 Å². The first-order valence-corrected chi connectivity index (χ1v) is 5.38. The highest BCUT2D eigenvalue weighted by atomic mass is 16.5. The first kappa shape index (κ1) is 10.9. The number of benzene rings is 1. The van der Waals surface area contributed by atoms with Crippen LogP contribution in [0.1, 0.15) is 16.9 Å². The standard InChI is InChI=1S/C13H16N2O/c1-11-5-3-4-6-12(11)9-15(2)10-13-7-8-14-16-13/h3-8H,9-10H2,1-2H3. The largest absolute Gasteiger partial charge is 0.360 e. The van der Waals surface area contributed by atoms with E-state index in [2.05, 4.69) is 48.3 Å². The van der Waals surface area contributed by atoms with Gasteiger partial charge in [-0.05, 0) is 25.1 Å². The van der Waals surface area contributed by atoms with E-state index >= 15 is 0 Å². The molecule has 0 N–H and O–H groups in total. The number of nitrogens with zero attached hydrogens (tertiary/aromatic N) is 2. The predicted molar refractivity (Wildman–Crippen MR) is 62.9 cm³/mol. The molecule has 0 saturated heterocycles. The van der Waals surface area contributed by atoms with Crippen molar-refractivity contribution in [3.8, 4) is 0 Å². The van der Waals surface area contributed by atoms with Gasteiger partial charge in [0.25, 0.3) is 0 Å². The quantitative estimate of drug-likeness (QED) is 0.786. The van der Waals surface area contributed by atoms with Gasteiger partial charge in [0.2, 0.25) is 0 Å². The summed E-state index contributed by atoms with van der Waals surface area (Å²) >= 11 is 0. The summed E-state index contributed by atoms with van der Waals surface area (Å²) in [5, 5.41) is 3.70. The van der Waals surface area contributed by atoms with Gasteiger partial charge in [0, 0.05) is 12.6 Å². The third-order valence-corrected chi connectivity index (χ3v) is 2.62. The molecule has 0 aliphatic heterocycles. The van der Waals surface area contributed by atoms with Crippen LogP contribution in [0.15, 0.2) is 41.1 Å². The summed E-state index contributed by atoms with van der Waals surface area (Å²) in [4.78, 5) is 2.21. The highest BCUT2D eigenvalue weighted by Gasteiger charge is 2.05. The molecule has 16 heavy (non-hydrogen) atoms. The molecule has 0 radical (unpaired) electrons. The van der Waals surface area contributed by atoms with Crippen molar-refractivity contribution in [1.29, 1.82) is 0 Å². The molecule has 3 heteroatoms. The van der Waals surface area contributed by atoms with Crippen LogP contribution in [0.2, 0.25) is 0 Å².